The lowest BCUT2D eigenvalue weighted by atomic mass is 9.94. The molecule has 1 aliphatic rings. The number of carbonyl (C=O) groups excluding carboxylic acids is 2. The Morgan fingerprint density at radius 2 is 1.93 bits per heavy atom. The Labute approximate surface area is 173 Å². The maximum Gasteiger partial charge on any atom is 0.329 e. The average Bonchev–Trinajstić information content (AvgIpc) is 2.69. The third kappa shape index (κ3) is 3.64. The Hall–Kier alpha value is -2.38. The molecular weight excluding hydrogens is 422 g/mol. The first-order valence-electron chi connectivity index (χ1n) is 9.42. The zero-order chi connectivity index (χ0) is 20.3. The van der Waals surface area contributed by atoms with Crippen molar-refractivity contribution in [3.8, 4) is 0 Å². The van der Waals surface area contributed by atoms with Gasteiger partial charge in [0.2, 0.25) is 0 Å². The maximum absolute atomic E-state index is 13.1. The van der Waals surface area contributed by atoms with E-state index < -0.39 is 17.7 Å². The van der Waals surface area contributed by atoms with E-state index in [0.29, 0.717) is 28.0 Å². The van der Waals surface area contributed by atoms with Crippen LogP contribution in [-0.4, -0.2) is 23.6 Å². The molecule has 0 aliphatic carbocycles. The molecule has 3 amide bonds. The van der Waals surface area contributed by atoms with Crippen LogP contribution in [0.4, 0.5) is 16.2 Å². The minimum atomic E-state index is -2.16. The fourth-order valence-corrected chi connectivity index (χ4v) is 3.62. The van der Waals surface area contributed by atoms with Crippen LogP contribution in [0.25, 0.3) is 0 Å². The molecule has 2 aromatic rings. The fourth-order valence-electron chi connectivity index (χ4n) is 3.26. The summed E-state index contributed by atoms with van der Waals surface area (Å²) in [6, 6.07) is 11.8. The SMILES string of the molecule is CCCCNC(=O)[C@@]1(O)c2cc(Br)ccc2NC(=O)N1c1ccc(CC)cc1. The Morgan fingerprint density at radius 3 is 2.57 bits per heavy atom. The number of nitrogens with zero attached hydrogens (tertiary/aromatic N) is 1. The number of aliphatic hydroxyl groups is 1. The number of halogens is 1. The zero-order valence-electron chi connectivity index (χ0n) is 16.0. The predicted octanol–water partition coefficient (Wildman–Crippen LogP) is 4.13. The van der Waals surface area contributed by atoms with Gasteiger partial charge in [-0.3, -0.25) is 9.69 Å². The lowest BCUT2D eigenvalue weighted by Crippen LogP contribution is -2.62. The van der Waals surface area contributed by atoms with Crippen molar-refractivity contribution in [1.29, 1.82) is 0 Å². The quantitative estimate of drug-likeness (QED) is 0.584. The third-order valence-corrected chi connectivity index (χ3v) is 5.35. The van der Waals surface area contributed by atoms with Crippen LogP contribution < -0.4 is 15.5 Å². The molecule has 0 saturated heterocycles. The van der Waals surface area contributed by atoms with E-state index in [0.717, 1.165) is 29.7 Å². The van der Waals surface area contributed by atoms with Crippen molar-refractivity contribution < 1.29 is 14.7 Å². The number of hydrogen-bond donors (Lipinski definition) is 3. The number of benzene rings is 2. The van der Waals surface area contributed by atoms with Gasteiger partial charge in [-0.15, -0.1) is 0 Å². The molecule has 3 rings (SSSR count). The van der Waals surface area contributed by atoms with Crippen molar-refractivity contribution in [1.82, 2.24) is 5.32 Å². The van der Waals surface area contributed by atoms with E-state index in [2.05, 4.69) is 26.6 Å². The van der Waals surface area contributed by atoms with Crippen LogP contribution in [0, 0.1) is 0 Å². The molecule has 0 saturated carbocycles. The lowest BCUT2D eigenvalue weighted by Gasteiger charge is -2.42. The van der Waals surface area contributed by atoms with Crippen molar-refractivity contribution >= 4 is 39.2 Å². The molecule has 0 unspecified atom stereocenters. The number of nitrogens with one attached hydrogen (secondary N) is 2. The summed E-state index contributed by atoms with van der Waals surface area (Å²) < 4.78 is 0.698. The summed E-state index contributed by atoms with van der Waals surface area (Å²) in [6.45, 7) is 4.47. The molecule has 1 atom stereocenters. The lowest BCUT2D eigenvalue weighted by molar-refractivity contribution is -0.140. The predicted molar refractivity (Wildman–Crippen MR) is 113 cm³/mol. The summed E-state index contributed by atoms with van der Waals surface area (Å²) in [5.74, 6) is -0.630. The Morgan fingerprint density at radius 1 is 1.21 bits per heavy atom. The van der Waals surface area contributed by atoms with Crippen LogP contribution >= 0.6 is 15.9 Å². The van der Waals surface area contributed by atoms with Crippen LogP contribution in [0.2, 0.25) is 0 Å². The van der Waals surface area contributed by atoms with Crippen molar-refractivity contribution in [2.24, 2.45) is 0 Å². The number of rotatable bonds is 6. The maximum atomic E-state index is 13.1. The van der Waals surface area contributed by atoms with Gasteiger partial charge in [0.25, 0.3) is 11.6 Å². The summed E-state index contributed by atoms with van der Waals surface area (Å²) in [5, 5.41) is 17.2. The number of hydrogen-bond acceptors (Lipinski definition) is 3. The van der Waals surface area contributed by atoms with E-state index in [4.69, 9.17) is 0 Å². The molecule has 0 radical (unpaired) electrons. The number of carbonyl (C=O) groups is 2. The van der Waals surface area contributed by atoms with Gasteiger partial charge in [-0.25, -0.2) is 4.79 Å². The fraction of sp³-hybridized carbons (Fsp3) is 0.333. The summed E-state index contributed by atoms with van der Waals surface area (Å²) in [5.41, 5.74) is 0.0923. The van der Waals surface area contributed by atoms with Crippen LogP contribution in [-0.2, 0) is 16.9 Å². The van der Waals surface area contributed by atoms with Crippen molar-refractivity contribution in [3.63, 3.8) is 0 Å². The molecule has 2 aromatic carbocycles. The standard InChI is InChI=1S/C21H24BrN3O3/c1-3-5-12-23-19(26)21(28)17-13-15(22)8-11-18(17)24-20(27)25(21)16-9-6-14(4-2)7-10-16/h6-11,13,28H,3-5,12H2,1-2H3,(H,23,26)(H,24,27)/t21-/m0/s1. The molecule has 0 fully saturated rings. The summed E-state index contributed by atoms with van der Waals surface area (Å²) in [6.07, 6.45) is 2.54. The van der Waals surface area contributed by atoms with Crippen molar-refractivity contribution in [2.75, 3.05) is 16.8 Å². The van der Waals surface area contributed by atoms with E-state index in [9.17, 15) is 14.7 Å². The van der Waals surface area contributed by atoms with E-state index in [1.807, 2.05) is 26.0 Å². The van der Waals surface area contributed by atoms with Gasteiger partial charge in [-0.2, -0.15) is 0 Å². The molecular formula is C21H24BrN3O3. The summed E-state index contributed by atoms with van der Waals surface area (Å²) in [7, 11) is 0. The largest absolute Gasteiger partial charge is 0.359 e. The number of fused-ring (bicyclic) bond motifs is 1. The zero-order valence-corrected chi connectivity index (χ0v) is 17.5. The van der Waals surface area contributed by atoms with Gasteiger partial charge in [-0.1, -0.05) is 48.3 Å². The highest BCUT2D eigenvalue weighted by molar-refractivity contribution is 9.10. The number of unbranched alkanes of at least 4 members (excludes halogenated alkanes) is 1. The highest BCUT2D eigenvalue weighted by Gasteiger charge is 2.52. The van der Waals surface area contributed by atoms with Crippen LogP contribution in [0.15, 0.2) is 46.9 Å². The summed E-state index contributed by atoms with van der Waals surface area (Å²) >= 11 is 3.39. The molecule has 0 bridgehead atoms. The first-order valence-corrected chi connectivity index (χ1v) is 10.2. The number of aryl methyl sites for hydroxylation is 1. The molecule has 3 N–H and O–H groups in total. The Balaban J connectivity index is 2.12. The normalized spacial score (nSPS) is 18.4. The van der Waals surface area contributed by atoms with Gasteiger partial charge < -0.3 is 15.7 Å². The van der Waals surface area contributed by atoms with Crippen LogP contribution in [0.5, 0.6) is 0 Å². The van der Waals surface area contributed by atoms with Gasteiger partial charge in [-0.05, 0) is 48.7 Å². The van der Waals surface area contributed by atoms with Crippen molar-refractivity contribution in [2.45, 2.75) is 38.8 Å². The van der Waals surface area contributed by atoms with Gasteiger partial charge in [0.15, 0.2) is 0 Å². The van der Waals surface area contributed by atoms with E-state index in [1.54, 1.807) is 30.3 Å². The summed E-state index contributed by atoms with van der Waals surface area (Å²) in [4.78, 5) is 27.1. The first-order chi connectivity index (χ1) is 13.4. The molecule has 1 heterocycles. The smallest absolute Gasteiger partial charge is 0.329 e. The number of urea groups is 1. The second-order valence-corrected chi connectivity index (χ2v) is 7.67. The molecule has 148 valence electrons. The Kier molecular flexibility index (Phi) is 6.05. The molecule has 1 aliphatic heterocycles. The number of anilines is 2. The van der Waals surface area contributed by atoms with E-state index in [1.165, 1.54) is 0 Å². The molecule has 0 aromatic heterocycles. The highest BCUT2D eigenvalue weighted by Crippen LogP contribution is 2.41. The second kappa shape index (κ2) is 8.32. The number of amides is 3. The molecule has 6 nitrogen and oxygen atoms in total. The minimum absolute atomic E-state index is 0.315. The van der Waals surface area contributed by atoms with Crippen LogP contribution in [0.3, 0.4) is 0 Å². The minimum Gasteiger partial charge on any atom is -0.359 e. The highest BCUT2D eigenvalue weighted by atomic mass is 79.9. The van der Waals surface area contributed by atoms with Crippen molar-refractivity contribution in [3.05, 3.63) is 58.1 Å². The second-order valence-electron chi connectivity index (χ2n) is 6.76. The monoisotopic (exact) mass is 445 g/mol. The van der Waals surface area contributed by atoms with Gasteiger partial charge >= 0.3 is 6.03 Å². The van der Waals surface area contributed by atoms with Gasteiger partial charge in [0.1, 0.15) is 0 Å². The first kappa shape index (κ1) is 20.4. The average molecular weight is 446 g/mol. The third-order valence-electron chi connectivity index (χ3n) is 4.86. The van der Waals surface area contributed by atoms with E-state index >= 15 is 0 Å². The molecule has 7 heteroatoms. The van der Waals surface area contributed by atoms with Gasteiger partial charge in [0.05, 0.1) is 5.69 Å². The molecule has 28 heavy (non-hydrogen) atoms. The molecule has 0 spiro atoms. The van der Waals surface area contributed by atoms with Crippen LogP contribution in [0.1, 0.15) is 37.8 Å². The topological polar surface area (TPSA) is 81.7 Å². The van der Waals surface area contributed by atoms with E-state index in [-0.39, 0.29) is 0 Å². The Bertz CT molecular complexity index is 885. The van der Waals surface area contributed by atoms with Gasteiger partial charge in [0, 0.05) is 22.3 Å².